The molecule has 5 nitrogen and oxygen atoms in total. The average Bonchev–Trinajstić information content (AvgIpc) is 3.18. The zero-order valence-electron chi connectivity index (χ0n) is 16.7. The van der Waals surface area contributed by atoms with Gasteiger partial charge in [0.1, 0.15) is 4.70 Å². The van der Waals surface area contributed by atoms with Crippen molar-refractivity contribution in [2.45, 2.75) is 20.4 Å². The van der Waals surface area contributed by atoms with Gasteiger partial charge >= 0.3 is 0 Å². The van der Waals surface area contributed by atoms with Crippen LogP contribution in [-0.2, 0) is 6.54 Å². The molecule has 2 aromatic carbocycles. The van der Waals surface area contributed by atoms with E-state index in [9.17, 15) is 4.79 Å². The van der Waals surface area contributed by atoms with E-state index in [1.54, 1.807) is 10.9 Å². The van der Waals surface area contributed by atoms with Gasteiger partial charge in [-0.3, -0.25) is 9.36 Å². The normalized spacial score (nSPS) is 11.0. The SMILES string of the molecule is CCOc1ccc(-c2csc3c(=O)n(Cc4ccccc4Cl)cnc23)cc1OCC. The lowest BCUT2D eigenvalue weighted by Gasteiger charge is -2.12. The molecule has 0 aliphatic heterocycles. The van der Waals surface area contributed by atoms with E-state index < -0.39 is 0 Å². The second-order valence-electron chi connectivity index (χ2n) is 6.62. The third-order valence-corrected chi connectivity index (χ3v) is 6.03. The highest BCUT2D eigenvalue weighted by Crippen LogP contribution is 2.36. The van der Waals surface area contributed by atoms with Gasteiger partial charge in [0, 0.05) is 16.0 Å². The van der Waals surface area contributed by atoms with E-state index in [-0.39, 0.29) is 5.56 Å². The molecular formula is C23H21ClN2O3S. The molecule has 7 heteroatoms. The molecule has 2 heterocycles. The Kier molecular flexibility index (Phi) is 6.06. The first kappa shape index (κ1) is 20.4. The van der Waals surface area contributed by atoms with Crippen molar-refractivity contribution in [3.63, 3.8) is 0 Å². The summed E-state index contributed by atoms with van der Waals surface area (Å²) >= 11 is 7.65. The lowest BCUT2D eigenvalue weighted by atomic mass is 10.1. The van der Waals surface area contributed by atoms with E-state index in [1.165, 1.54) is 11.3 Å². The molecule has 0 radical (unpaired) electrons. The molecule has 0 amide bonds. The fourth-order valence-corrected chi connectivity index (χ4v) is 4.46. The minimum Gasteiger partial charge on any atom is -0.490 e. The van der Waals surface area contributed by atoms with Crippen LogP contribution in [0, 0.1) is 0 Å². The molecule has 2 aromatic heterocycles. The molecule has 154 valence electrons. The van der Waals surface area contributed by atoms with E-state index in [2.05, 4.69) is 4.98 Å². The van der Waals surface area contributed by atoms with Gasteiger partial charge in [0.15, 0.2) is 11.5 Å². The largest absolute Gasteiger partial charge is 0.490 e. The number of rotatable bonds is 7. The molecule has 0 unspecified atom stereocenters. The fraction of sp³-hybridized carbons (Fsp3) is 0.217. The highest BCUT2D eigenvalue weighted by Gasteiger charge is 2.15. The zero-order chi connectivity index (χ0) is 21.1. The number of halogens is 1. The van der Waals surface area contributed by atoms with Crippen LogP contribution >= 0.6 is 22.9 Å². The fourth-order valence-electron chi connectivity index (χ4n) is 3.29. The summed E-state index contributed by atoms with van der Waals surface area (Å²) in [4.78, 5) is 17.6. The number of fused-ring (bicyclic) bond motifs is 1. The van der Waals surface area contributed by atoms with Crippen LogP contribution in [-0.4, -0.2) is 22.8 Å². The maximum atomic E-state index is 13.0. The van der Waals surface area contributed by atoms with Crippen molar-refractivity contribution in [1.82, 2.24) is 9.55 Å². The van der Waals surface area contributed by atoms with Crippen molar-refractivity contribution in [3.8, 4) is 22.6 Å². The predicted octanol–water partition coefficient (Wildman–Crippen LogP) is 5.62. The number of aromatic nitrogens is 2. The molecule has 4 aromatic rings. The number of benzene rings is 2. The molecule has 4 rings (SSSR count). The Labute approximate surface area is 183 Å². The quantitative estimate of drug-likeness (QED) is 0.374. The highest BCUT2D eigenvalue weighted by molar-refractivity contribution is 7.17. The molecule has 0 aliphatic carbocycles. The van der Waals surface area contributed by atoms with Crippen molar-refractivity contribution < 1.29 is 9.47 Å². The second kappa shape index (κ2) is 8.90. The summed E-state index contributed by atoms with van der Waals surface area (Å²) in [5.74, 6) is 1.39. The predicted molar refractivity (Wildman–Crippen MR) is 122 cm³/mol. The van der Waals surface area contributed by atoms with Gasteiger partial charge in [-0.2, -0.15) is 0 Å². The lowest BCUT2D eigenvalue weighted by molar-refractivity contribution is 0.288. The van der Waals surface area contributed by atoms with E-state index in [4.69, 9.17) is 21.1 Å². The Hall–Kier alpha value is -2.83. The third-order valence-electron chi connectivity index (χ3n) is 4.70. The van der Waals surface area contributed by atoms with Crippen molar-refractivity contribution >= 4 is 33.2 Å². The van der Waals surface area contributed by atoms with E-state index in [0.29, 0.717) is 46.5 Å². The summed E-state index contributed by atoms with van der Waals surface area (Å²) in [6.45, 7) is 5.36. The maximum Gasteiger partial charge on any atom is 0.271 e. The molecule has 0 aliphatic rings. The topological polar surface area (TPSA) is 53.4 Å². The molecule has 0 atom stereocenters. The maximum absolute atomic E-state index is 13.0. The van der Waals surface area contributed by atoms with Gasteiger partial charge in [-0.25, -0.2) is 4.98 Å². The number of hydrogen-bond donors (Lipinski definition) is 0. The summed E-state index contributed by atoms with van der Waals surface area (Å²) in [6, 6.07) is 13.3. The molecule has 30 heavy (non-hydrogen) atoms. The Morgan fingerprint density at radius 3 is 2.60 bits per heavy atom. The number of thiophene rings is 1. The van der Waals surface area contributed by atoms with Gasteiger partial charge in [0.25, 0.3) is 5.56 Å². The summed E-state index contributed by atoms with van der Waals surface area (Å²) in [5, 5.41) is 2.60. The third kappa shape index (κ3) is 3.93. The van der Waals surface area contributed by atoms with Crippen LogP contribution in [0.3, 0.4) is 0 Å². The van der Waals surface area contributed by atoms with Gasteiger partial charge in [0.05, 0.1) is 31.6 Å². The van der Waals surface area contributed by atoms with Crippen molar-refractivity contribution in [2.24, 2.45) is 0 Å². The summed E-state index contributed by atoms with van der Waals surface area (Å²) in [6.07, 6.45) is 1.59. The van der Waals surface area contributed by atoms with Crippen LogP contribution in [0.2, 0.25) is 5.02 Å². The van der Waals surface area contributed by atoms with Crippen LogP contribution in [0.25, 0.3) is 21.3 Å². The molecule has 0 N–H and O–H groups in total. The van der Waals surface area contributed by atoms with Gasteiger partial charge in [0.2, 0.25) is 0 Å². The first-order chi connectivity index (χ1) is 14.6. The monoisotopic (exact) mass is 440 g/mol. The van der Waals surface area contributed by atoms with Gasteiger partial charge in [-0.05, 0) is 43.2 Å². The van der Waals surface area contributed by atoms with Gasteiger partial charge in [-0.15, -0.1) is 11.3 Å². The van der Waals surface area contributed by atoms with Crippen LogP contribution in [0.4, 0.5) is 0 Å². The first-order valence-corrected chi connectivity index (χ1v) is 11.0. The summed E-state index contributed by atoms with van der Waals surface area (Å²) in [7, 11) is 0. The molecule has 0 saturated heterocycles. The smallest absolute Gasteiger partial charge is 0.271 e. The van der Waals surface area contributed by atoms with Crippen molar-refractivity contribution in [3.05, 3.63) is 75.1 Å². The average molecular weight is 441 g/mol. The Balaban J connectivity index is 1.74. The molecule has 0 saturated carbocycles. The van der Waals surface area contributed by atoms with Gasteiger partial charge < -0.3 is 9.47 Å². The highest BCUT2D eigenvalue weighted by atomic mass is 35.5. The Morgan fingerprint density at radius 1 is 1.07 bits per heavy atom. The standard InChI is InChI=1S/C23H21ClN2O3S/c1-3-28-19-10-9-15(11-20(19)29-4-2)17-13-30-22-21(17)25-14-26(23(22)27)12-16-7-5-6-8-18(16)24/h5-11,13-14H,3-4,12H2,1-2H3. The zero-order valence-corrected chi connectivity index (χ0v) is 18.3. The Bertz CT molecular complexity index is 1250. The minimum atomic E-state index is -0.0767. The minimum absolute atomic E-state index is 0.0767. The van der Waals surface area contributed by atoms with Crippen LogP contribution in [0.1, 0.15) is 19.4 Å². The molecule has 0 spiro atoms. The molecule has 0 bridgehead atoms. The van der Waals surface area contributed by atoms with Crippen LogP contribution in [0.15, 0.2) is 59.0 Å². The Morgan fingerprint density at radius 2 is 1.83 bits per heavy atom. The van der Waals surface area contributed by atoms with Crippen LogP contribution < -0.4 is 15.0 Å². The second-order valence-corrected chi connectivity index (χ2v) is 7.91. The number of nitrogens with zero attached hydrogens (tertiary/aromatic N) is 2. The van der Waals surface area contributed by atoms with E-state index in [0.717, 1.165) is 16.7 Å². The van der Waals surface area contributed by atoms with Crippen molar-refractivity contribution in [2.75, 3.05) is 13.2 Å². The van der Waals surface area contributed by atoms with Gasteiger partial charge in [-0.1, -0.05) is 35.9 Å². The van der Waals surface area contributed by atoms with E-state index >= 15 is 0 Å². The first-order valence-electron chi connectivity index (χ1n) is 9.72. The summed E-state index contributed by atoms with van der Waals surface area (Å²) in [5.41, 5.74) is 3.33. The summed E-state index contributed by atoms with van der Waals surface area (Å²) < 4.78 is 13.6. The number of ether oxygens (including phenoxy) is 2. The van der Waals surface area contributed by atoms with E-state index in [1.807, 2.05) is 61.7 Å². The molecule has 0 fully saturated rings. The van der Waals surface area contributed by atoms with Crippen LogP contribution in [0.5, 0.6) is 11.5 Å². The molecular weight excluding hydrogens is 420 g/mol. The van der Waals surface area contributed by atoms with Crippen molar-refractivity contribution in [1.29, 1.82) is 0 Å². The lowest BCUT2D eigenvalue weighted by Crippen LogP contribution is -2.20. The number of hydrogen-bond acceptors (Lipinski definition) is 5.